The van der Waals surface area contributed by atoms with Gasteiger partial charge in [-0.3, -0.25) is 4.68 Å². The molecule has 0 aliphatic carbocycles. The molecule has 0 aliphatic rings. The molecule has 0 amide bonds. The first kappa shape index (κ1) is 14.2. The molecule has 2 aromatic rings. The van der Waals surface area contributed by atoms with Gasteiger partial charge in [-0.05, 0) is 17.5 Å². The van der Waals surface area contributed by atoms with E-state index >= 15 is 0 Å². The number of rotatable bonds is 6. The van der Waals surface area contributed by atoms with Gasteiger partial charge < -0.3 is 5.73 Å². The highest BCUT2D eigenvalue weighted by Crippen LogP contribution is 2.20. The van der Waals surface area contributed by atoms with E-state index in [1.165, 1.54) is 11.3 Å². The second kappa shape index (κ2) is 5.83. The zero-order valence-electron chi connectivity index (χ0n) is 10.5. The van der Waals surface area contributed by atoms with E-state index in [-0.39, 0.29) is 11.4 Å². The number of hydrogen-bond donors (Lipinski definition) is 2. The van der Waals surface area contributed by atoms with Crippen LogP contribution in [-0.4, -0.2) is 24.7 Å². The van der Waals surface area contributed by atoms with Crippen LogP contribution < -0.4 is 10.5 Å². The van der Waals surface area contributed by atoms with Crippen LogP contribution in [0.15, 0.2) is 28.6 Å². The van der Waals surface area contributed by atoms with Crippen LogP contribution in [0.4, 0.5) is 0 Å². The third-order valence-electron chi connectivity index (χ3n) is 2.78. The van der Waals surface area contributed by atoms with Crippen molar-refractivity contribution in [2.75, 3.05) is 6.54 Å². The molecule has 104 valence electrons. The van der Waals surface area contributed by atoms with Crippen LogP contribution in [0.2, 0.25) is 0 Å². The highest BCUT2D eigenvalue weighted by Gasteiger charge is 2.18. The maximum atomic E-state index is 12.1. The van der Waals surface area contributed by atoms with Gasteiger partial charge in [0.05, 0.1) is 4.90 Å². The van der Waals surface area contributed by atoms with Crippen molar-refractivity contribution in [3.8, 4) is 0 Å². The lowest BCUT2D eigenvalue weighted by atomic mass is 10.3. The van der Waals surface area contributed by atoms with Crippen LogP contribution >= 0.6 is 11.3 Å². The number of aromatic nitrogens is 2. The third-order valence-corrected chi connectivity index (χ3v) is 5.39. The fraction of sp³-hybridized carbons (Fsp3) is 0.364. The SMILES string of the molecule is Cn1nccc1CCNS(=O)(=O)c1ccsc1CN. The summed E-state index contributed by atoms with van der Waals surface area (Å²) in [6.07, 6.45) is 2.28. The van der Waals surface area contributed by atoms with Gasteiger partial charge in [0.1, 0.15) is 0 Å². The van der Waals surface area contributed by atoms with Crippen LogP contribution in [0, 0.1) is 0 Å². The Labute approximate surface area is 116 Å². The molecule has 6 nitrogen and oxygen atoms in total. The Morgan fingerprint density at radius 3 is 2.89 bits per heavy atom. The Balaban J connectivity index is 2.01. The summed E-state index contributed by atoms with van der Waals surface area (Å²) < 4.78 is 28.5. The van der Waals surface area contributed by atoms with Gasteiger partial charge in [-0.2, -0.15) is 5.10 Å². The molecule has 0 fully saturated rings. The van der Waals surface area contributed by atoms with E-state index in [1.807, 2.05) is 13.1 Å². The molecule has 3 N–H and O–H groups in total. The summed E-state index contributed by atoms with van der Waals surface area (Å²) in [5, 5.41) is 5.77. The molecule has 0 bridgehead atoms. The number of nitrogens with one attached hydrogen (secondary N) is 1. The van der Waals surface area contributed by atoms with Crippen LogP contribution in [0.25, 0.3) is 0 Å². The molecule has 0 unspecified atom stereocenters. The Morgan fingerprint density at radius 1 is 1.47 bits per heavy atom. The van der Waals surface area contributed by atoms with Crippen LogP contribution in [0.3, 0.4) is 0 Å². The molecule has 19 heavy (non-hydrogen) atoms. The van der Waals surface area contributed by atoms with Crippen molar-refractivity contribution in [3.63, 3.8) is 0 Å². The summed E-state index contributed by atoms with van der Waals surface area (Å²) in [5.74, 6) is 0. The minimum absolute atomic E-state index is 0.232. The lowest BCUT2D eigenvalue weighted by Gasteiger charge is -2.07. The van der Waals surface area contributed by atoms with Crippen molar-refractivity contribution in [2.45, 2.75) is 17.9 Å². The summed E-state index contributed by atoms with van der Waals surface area (Å²) >= 11 is 1.35. The fourth-order valence-electron chi connectivity index (χ4n) is 1.75. The van der Waals surface area contributed by atoms with Gasteiger partial charge in [-0.15, -0.1) is 11.3 Å². The molecule has 2 rings (SSSR count). The van der Waals surface area contributed by atoms with Gasteiger partial charge in [0.25, 0.3) is 0 Å². The molecule has 0 radical (unpaired) electrons. The number of thiophene rings is 1. The number of hydrogen-bond acceptors (Lipinski definition) is 5. The lowest BCUT2D eigenvalue weighted by molar-refractivity contribution is 0.579. The maximum Gasteiger partial charge on any atom is 0.241 e. The summed E-state index contributed by atoms with van der Waals surface area (Å²) in [6, 6.07) is 3.45. The van der Waals surface area contributed by atoms with Gasteiger partial charge in [-0.25, -0.2) is 13.1 Å². The molecule has 0 saturated heterocycles. The second-order valence-corrected chi connectivity index (χ2v) is 6.74. The zero-order chi connectivity index (χ0) is 13.9. The quantitative estimate of drug-likeness (QED) is 0.811. The minimum atomic E-state index is -3.48. The summed E-state index contributed by atoms with van der Waals surface area (Å²) in [4.78, 5) is 0.957. The predicted octanol–water partition coefficient (Wildman–Crippen LogP) is 0.461. The number of nitrogens with zero attached hydrogens (tertiary/aromatic N) is 2. The van der Waals surface area contributed by atoms with Gasteiger partial charge in [0.2, 0.25) is 10.0 Å². The van der Waals surface area contributed by atoms with Crippen molar-refractivity contribution in [2.24, 2.45) is 12.8 Å². The van der Waals surface area contributed by atoms with E-state index in [0.29, 0.717) is 17.8 Å². The lowest BCUT2D eigenvalue weighted by Crippen LogP contribution is -2.27. The smallest absolute Gasteiger partial charge is 0.241 e. The highest BCUT2D eigenvalue weighted by molar-refractivity contribution is 7.89. The van der Waals surface area contributed by atoms with E-state index in [4.69, 9.17) is 5.73 Å². The van der Waals surface area contributed by atoms with E-state index in [2.05, 4.69) is 9.82 Å². The summed E-state index contributed by atoms with van der Waals surface area (Å²) in [6.45, 7) is 0.567. The van der Waals surface area contributed by atoms with Crippen molar-refractivity contribution in [3.05, 3.63) is 34.3 Å². The van der Waals surface area contributed by atoms with Crippen LogP contribution in [-0.2, 0) is 30.0 Å². The van der Waals surface area contributed by atoms with Gasteiger partial charge >= 0.3 is 0 Å². The van der Waals surface area contributed by atoms with E-state index in [0.717, 1.165) is 5.69 Å². The molecule has 2 aromatic heterocycles. The maximum absolute atomic E-state index is 12.1. The first-order chi connectivity index (χ1) is 9.04. The molecule has 8 heteroatoms. The standard InChI is InChI=1S/C11H16N4O2S2/c1-15-9(2-5-13-15)3-6-14-19(16,17)11-4-7-18-10(11)8-12/h2,4-5,7,14H,3,6,8,12H2,1H3. The van der Waals surface area contributed by atoms with Crippen molar-refractivity contribution in [1.82, 2.24) is 14.5 Å². The normalized spacial score (nSPS) is 11.9. The van der Waals surface area contributed by atoms with E-state index in [9.17, 15) is 8.42 Å². The molecular formula is C11H16N4O2S2. The van der Waals surface area contributed by atoms with Gasteiger partial charge in [-0.1, -0.05) is 0 Å². The Bertz CT molecular complexity index is 645. The first-order valence-corrected chi connectivity index (χ1v) is 8.14. The third kappa shape index (κ3) is 3.21. The minimum Gasteiger partial charge on any atom is -0.326 e. The highest BCUT2D eigenvalue weighted by atomic mass is 32.2. The monoisotopic (exact) mass is 300 g/mol. The average Bonchev–Trinajstić information content (AvgIpc) is 2.98. The summed E-state index contributed by atoms with van der Waals surface area (Å²) in [5.41, 5.74) is 6.50. The van der Waals surface area contributed by atoms with Crippen molar-refractivity contribution in [1.29, 1.82) is 0 Å². The van der Waals surface area contributed by atoms with Crippen LogP contribution in [0.1, 0.15) is 10.6 Å². The van der Waals surface area contributed by atoms with Gasteiger partial charge in [0, 0.05) is 43.3 Å². The topological polar surface area (TPSA) is 90.0 Å². The van der Waals surface area contributed by atoms with Crippen LogP contribution in [0.5, 0.6) is 0 Å². The first-order valence-electron chi connectivity index (χ1n) is 5.77. The average molecular weight is 300 g/mol. The Morgan fingerprint density at radius 2 is 2.26 bits per heavy atom. The fourth-order valence-corrected chi connectivity index (χ4v) is 4.12. The number of aryl methyl sites for hydroxylation is 1. The second-order valence-electron chi connectivity index (χ2n) is 4.01. The van der Waals surface area contributed by atoms with E-state index < -0.39 is 10.0 Å². The molecule has 0 atom stereocenters. The zero-order valence-corrected chi connectivity index (χ0v) is 12.2. The van der Waals surface area contributed by atoms with Crippen molar-refractivity contribution < 1.29 is 8.42 Å². The summed E-state index contributed by atoms with van der Waals surface area (Å²) in [7, 11) is -1.65. The Hall–Kier alpha value is -1.22. The number of nitrogens with two attached hydrogens (primary N) is 1. The van der Waals surface area contributed by atoms with Crippen molar-refractivity contribution >= 4 is 21.4 Å². The molecule has 0 saturated carbocycles. The molecule has 0 aromatic carbocycles. The molecule has 2 heterocycles. The van der Waals surface area contributed by atoms with E-state index in [1.54, 1.807) is 22.3 Å². The Kier molecular flexibility index (Phi) is 4.35. The molecule has 0 spiro atoms. The predicted molar refractivity (Wildman–Crippen MR) is 74.3 cm³/mol. The largest absolute Gasteiger partial charge is 0.326 e. The van der Waals surface area contributed by atoms with Gasteiger partial charge in [0.15, 0.2) is 0 Å². The molecule has 0 aliphatic heterocycles. The molecular weight excluding hydrogens is 284 g/mol. The number of sulfonamides is 1.